The Balaban J connectivity index is 1.90. The van der Waals surface area contributed by atoms with Gasteiger partial charge in [0, 0.05) is 5.69 Å². The first-order valence-corrected chi connectivity index (χ1v) is 10.8. The van der Waals surface area contributed by atoms with Crippen molar-refractivity contribution in [3.8, 4) is 0 Å². The molecule has 0 fully saturated rings. The standard InChI is InChI=1S/C21H26N2O5S/c1-5-17-8-10-18(11-9-17)23-21(25)16(4)28-20(24)13-22-29(26,27)19-12-14(2)6-7-15(19)3/h6-12,16,22H,5,13H2,1-4H3,(H,23,25)/t16-/m0/s1. The van der Waals surface area contributed by atoms with Crippen molar-refractivity contribution in [2.75, 3.05) is 11.9 Å². The molecule has 7 nitrogen and oxygen atoms in total. The van der Waals surface area contributed by atoms with E-state index in [1.807, 2.05) is 19.1 Å². The number of amides is 1. The van der Waals surface area contributed by atoms with Crippen LogP contribution >= 0.6 is 0 Å². The number of rotatable bonds is 8. The largest absolute Gasteiger partial charge is 0.452 e. The molecule has 0 unspecified atom stereocenters. The average Bonchev–Trinajstić information content (AvgIpc) is 2.68. The van der Waals surface area contributed by atoms with Crippen molar-refractivity contribution in [1.82, 2.24) is 4.72 Å². The maximum absolute atomic E-state index is 12.4. The zero-order valence-corrected chi connectivity index (χ0v) is 17.8. The normalized spacial score (nSPS) is 12.3. The first kappa shape index (κ1) is 22.6. The molecule has 0 saturated heterocycles. The second-order valence-corrected chi connectivity index (χ2v) is 8.50. The first-order chi connectivity index (χ1) is 13.6. The second-order valence-electron chi connectivity index (χ2n) is 6.77. The molecule has 2 N–H and O–H groups in total. The van der Waals surface area contributed by atoms with Gasteiger partial charge >= 0.3 is 5.97 Å². The molecule has 0 heterocycles. The highest BCUT2D eigenvalue weighted by Gasteiger charge is 2.21. The van der Waals surface area contributed by atoms with Gasteiger partial charge in [0.1, 0.15) is 6.54 Å². The smallest absolute Gasteiger partial charge is 0.321 e. The Labute approximate surface area is 171 Å². The van der Waals surface area contributed by atoms with Gasteiger partial charge in [0.2, 0.25) is 10.0 Å². The van der Waals surface area contributed by atoms with Crippen molar-refractivity contribution >= 4 is 27.6 Å². The van der Waals surface area contributed by atoms with Crippen LogP contribution < -0.4 is 10.0 Å². The average molecular weight is 419 g/mol. The quantitative estimate of drug-likeness (QED) is 0.642. The van der Waals surface area contributed by atoms with Crippen LogP contribution in [-0.2, 0) is 30.8 Å². The lowest BCUT2D eigenvalue weighted by Gasteiger charge is -2.14. The van der Waals surface area contributed by atoms with Crippen LogP contribution in [0.4, 0.5) is 5.69 Å². The fourth-order valence-corrected chi connectivity index (χ4v) is 3.88. The number of nitrogens with one attached hydrogen (secondary N) is 2. The third-order valence-corrected chi connectivity index (χ3v) is 5.89. The molecular weight excluding hydrogens is 392 g/mol. The fourth-order valence-electron chi connectivity index (χ4n) is 2.59. The molecule has 0 spiro atoms. The minimum Gasteiger partial charge on any atom is -0.452 e. The highest BCUT2D eigenvalue weighted by Crippen LogP contribution is 2.16. The minimum atomic E-state index is -3.87. The molecule has 2 aromatic carbocycles. The summed E-state index contributed by atoms with van der Waals surface area (Å²) in [5.41, 5.74) is 3.08. The summed E-state index contributed by atoms with van der Waals surface area (Å²) in [6, 6.07) is 12.4. The van der Waals surface area contributed by atoms with Gasteiger partial charge in [-0.2, -0.15) is 4.72 Å². The van der Waals surface area contributed by atoms with E-state index in [0.29, 0.717) is 11.3 Å². The number of carbonyl (C=O) groups is 2. The molecule has 8 heteroatoms. The van der Waals surface area contributed by atoms with Crippen LogP contribution in [0, 0.1) is 13.8 Å². The van der Waals surface area contributed by atoms with Gasteiger partial charge in [0.05, 0.1) is 4.90 Å². The van der Waals surface area contributed by atoms with Crippen molar-refractivity contribution in [3.63, 3.8) is 0 Å². The van der Waals surface area contributed by atoms with Gasteiger partial charge in [-0.05, 0) is 62.1 Å². The van der Waals surface area contributed by atoms with Gasteiger partial charge in [0.15, 0.2) is 6.10 Å². The third kappa shape index (κ3) is 6.40. The SMILES string of the molecule is CCc1ccc(NC(=O)[C@H](C)OC(=O)CNS(=O)(=O)c2cc(C)ccc2C)cc1. The van der Waals surface area contributed by atoms with E-state index in [0.717, 1.165) is 17.5 Å². The summed E-state index contributed by atoms with van der Waals surface area (Å²) in [7, 11) is -3.87. The van der Waals surface area contributed by atoms with Gasteiger partial charge in [-0.3, -0.25) is 9.59 Å². The molecule has 0 saturated carbocycles. The van der Waals surface area contributed by atoms with Gasteiger partial charge in [-0.1, -0.05) is 31.2 Å². The van der Waals surface area contributed by atoms with Gasteiger partial charge in [-0.25, -0.2) is 8.42 Å². The predicted molar refractivity (Wildman–Crippen MR) is 111 cm³/mol. The highest BCUT2D eigenvalue weighted by atomic mass is 32.2. The molecule has 0 aromatic heterocycles. The molecular formula is C21H26N2O5S. The molecule has 0 bridgehead atoms. The lowest BCUT2D eigenvalue weighted by Crippen LogP contribution is -2.36. The Morgan fingerprint density at radius 3 is 2.34 bits per heavy atom. The Bertz CT molecular complexity index is 985. The summed E-state index contributed by atoms with van der Waals surface area (Å²) in [5.74, 6) is -1.34. The molecule has 0 radical (unpaired) electrons. The Morgan fingerprint density at radius 1 is 1.07 bits per heavy atom. The van der Waals surface area contributed by atoms with Gasteiger partial charge < -0.3 is 10.1 Å². The maximum atomic E-state index is 12.4. The van der Waals surface area contributed by atoms with Crippen LogP contribution in [0.15, 0.2) is 47.4 Å². The van der Waals surface area contributed by atoms with Crippen molar-refractivity contribution in [3.05, 3.63) is 59.2 Å². The summed E-state index contributed by atoms with van der Waals surface area (Å²) in [6.07, 6.45) is -0.182. The van der Waals surface area contributed by atoms with Crippen LogP contribution in [0.25, 0.3) is 0 Å². The Kier molecular flexibility index (Phi) is 7.53. The second kappa shape index (κ2) is 9.67. The van der Waals surface area contributed by atoms with E-state index in [9.17, 15) is 18.0 Å². The van der Waals surface area contributed by atoms with Crippen molar-refractivity contribution in [1.29, 1.82) is 0 Å². The zero-order valence-electron chi connectivity index (χ0n) is 17.0. The molecule has 156 valence electrons. The molecule has 0 aliphatic heterocycles. The molecule has 0 aliphatic carbocycles. The number of aryl methyl sites for hydroxylation is 3. The lowest BCUT2D eigenvalue weighted by molar-refractivity contribution is -0.151. The zero-order chi connectivity index (χ0) is 21.6. The van der Waals surface area contributed by atoms with Crippen molar-refractivity contribution < 1.29 is 22.7 Å². The summed E-state index contributed by atoms with van der Waals surface area (Å²) >= 11 is 0. The van der Waals surface area contributed by atoms with Gasteiger partial charge in [-0.15, -0.1) is 0 Å². The maximum Gasteiger partial charge on any atom is 0.321 e. The van der Waals surface area contributed by atoms with Crippen LogP contribution in [-0.4, -0.2) is 32.9 Å². The van der Waals surface area contributed by atoms with Crippen LogP contribution in [0.1, 0.15) is 30.5 Å². The lowest BCUT2D eigenvalue weighted by atomic mass is 10.1. The topological polar surface area (TPSA) is 102 Å². The summed E-state index contributed by atoms with van der Waals surface area (Å²) in [6.45, 7) is 6.34. The number of sulfonamides is 1. The number of carbonyl (C=O) groups excluding carboxylic acids is 2. The van der Waals surface area contributed by atoms with Crippen molar-refractivity contribution in [2.24, 2.45) is 0 Å². The van der Waals surface area contributed by atoms with Crippen molar-refractivity contribution in [2.45, 2.75) is 45.1 Å². The summed E-state index contributed by atoms with van der Waals surface area (Å²) < 4.78 is 32.1. The van der Waals surface area contributed by atoms with Crippen LogP contribution in [0.3, 0.4) is 0 Å². The van der Waals surface area contributed by atoms with E-state index in [1.54, 1.807) is 38.1 Å². The fraction of sp³-hybridized carbons (Fsp3) is 0.333. The molecule has 2 rings (SSSR count). The van der Waals surface area contributed by atoms with E-state index in [1.165, 1.54) is 13.0 Å². The van der Waals surface area contributed by atoms with Gasteiger partial charge in [0.25, 0.3) is 5.91 Å². The molecule has 2 aromatic rings. The summed E-state index contributed by atoms with van der Waals surface area (Å²) in [4.78, 5) is 24.3. The van der Waals surface area contributed by atoms with Crippen LogP contribution in [0.5, 0.6) is 0 Å². The van der Waals surface area contributed by atoms with E-state index in [4.69, 9.17) is 4.74 Å². The van der Waals surface area contributed by atoms with E-state index >= 15 is 0 Å². The number of anilines is 1. The Hall–Kier alpha value is -2.71. The third-order valence-electron chi connectivity index (χ3n) is 4.35. The predicted octanol–water partition coefficient (Wildman–Crippen LogP) is 2.71. The number of hydrogen-bond acceptors (Lipinski definition) is 5. The first-order valence-electron chi connectivity index (χ1n) is 9.28. The van der Waals surface area contributed by atoms with E-state index in [-0.39, 0.29) is 4.90 Å². The van der Waals surface area contributed by atoms with E-state index in [2.05, 4.69) is 10.0 Å². The highest BCUT2D eigenvalue weighted by molar-refractivity contribution is 7.89. The molecule has 29 heavy (non-hydrogen) atoms. The van der Waals surface area contributed by atoms with Crippen LogP contribution in [0.2, 0.25) is 0 Å². The monoisotopic (exact) mass is 418 g/mol. The number of ether oxygens (including phenoxy) is 1. The summed E-state index contributed by atoms with van der Waals surface area (Å²) in [5, 5.41) is 2.66. The van der Waals surface area contributed by atoms with E-state index < -0.39 is 34.5 Å². The number of esters is 1. The number of benzene rings is 2. The molecule has 1 atom stereocenters. The minimum absolute atomic E-state index is 0.103. The molecule has 1 amide bonds. The number of hydrogen-bond donors (Lipinski definition) is 2. The molecule has 0 aliphatic rings. The Morgan fingerprint density at radius 2 is 1.72 bits per heavy atom.